The molecule has 133 heavy (non-hydrogen) atoms. The van der Waals surface area contributed by atoms with Crippen LogP contribution in [0.15, 0.2) is 149 Å². The SMILES string of the molecule is C=C(F)C(=O)N1CCN(c2nc(=O)n(-c3c(C4CC4)ncnc3C3CC3)c3nc(-c4c(N)cccc4F)c(F)cc23)[C@@H](C)C1.C=C(F)C(=O)N1C[C@H](C)N(c2nc(=O)n(-c3c(C4CC4)ncnc3C3CC3)c3nc(-c4c(O)cccc4F)c(F)cc23)C[C@H]1C.C=C(F)C(=O)N1C[C@H](C)N(c2nc(=O)n(-c3c(C4CC4)ncnc3C3CC3)c3nc(-c4ccccc4F)c(F)cc23)C[C@H]1C. The largest absolute Gasteiger partial charge is 0.507 e. The van der Waals surface area contributed by atoms with E-state index in [4.69, 9.17) is 5.73 Å². The van der Waals surface area contributed by atoms with Crippen molar-refractivity contribution in [3.8, 4) is 56.6 Å². The van der Waals surface area contributed by atoms with Gasteiger partial charge in [-0.25, -0.2) is 112 Å². The Bertz CT molecular complexity index is 6960. The summed E-state index contributed by atoms with van der Waals surface area (Å²) in [6.45, 7) is 19.2. The maximum absolute atomic E-state index is 16.0. The zero-order valence-electron chi connectivity index (χ0n) is 72.9. The number of benzene rings is 3. The molecule has 6 aliphatic carbocycles. The zero-order chi connectivity index (χ0) is 93.5. The molecule has 3 aliphatic heterocycles. The standard InChI is InChI=1S/C32H30F3N7O3.C32H30F3N7O2.C31H29F3N8O2/c1-15-13-41(31(44)17(3)33)16(2)12-40(15)29-20-11-22(35)27(24-21(34)5-4-6-23(24)43)38-30(20)42(32(45)39-29)28-25(18-7-8-18)36-14-37-26(28)19-9-10-19;1-16-14-41(31(43)18(3)33)17(2)13-40(16)29-22-12-24(35)27(21-6-4-5-7-23(21)34)38-30(22)42(32(44)39-29)28-25(19-8-9-19)36-15-37-26(28)20-10-11-20;1-15-13-40(30(43)16(2)32)10-11-41(15)28-19-12-21(34)26(23-20(33)4-3-5-22(23)35)38-29(19)42(31(44)39-28)27-24(17-6-7-17)36-14-37-25(27)18-8-9-18/h4-6,11,14-16,18-19,43H,3,7-10,12-13H2,1-2H3;4-7,12,15-17,19-20H,3,8-11,13-14H2,1-2H3;3-5,12,14-15,17-18H,2,6-11,13,35H2,1H3/t15-,16+;16-,17+;15-/m000/s1. The number of piperazine rings is 3. The summed E-state index contributed by atoms with van der Waals surface area (Å²) in [6, 6.07) is 14.7. The summed E-state index contributed by atoms with van der Waals surface area (Å²) in [5, 5.41) is 11.1. The summed E-state index contributed by atoms with van der Waals surface area (Å²) in [4.78, 5) is 144. The number of aromatic nitrogens is 15. The second-order valence-corrected chi connectivity index (χ2v) is 35.8. The smallest absolute Gasteiger partial charge is 0.355 e. The monoisotopic (exact) mass is 1820 g/mol. The van der Waals surface area contributed by atoms with E-state index >= 15 is 22.0 Å². The van der Waals surface area contributed by atoms with E-state index in [1.54, 1.807) is 48.5 Å². The summed E-state index contributed by atoms with van der Waals surface area (Å²) in [5.41, 5.74) is 8.09. The number of nitrogen functional groups attached to an aromatic ring is 1. The lowest BCUT2D eigenvalue weighted by molar-refractivity contribution is -0.132. The number of anilines is 4. The molecule has 0 radical (unpaired) electrons. The van der Waals surface area contributed by atoms with Crippen molar-refractivity contribution in [2.45, 2.75) is 177 Å². The molecular formula is C95H89F9N22O7. The number of carbonyl (C=O) groups excluding carboxylic acids is 3. The Morgan fingerprint density at radius 3 is 1.06 bits per heavy atom. The lowest BCUT2D eigenvalue weighted by atomic mass is 10.1. The number of aromatic hydroxyl groups is 1. The van der Waals surface area contributed by atoms with Crippen molar-refractivity contribution in [3.63, 3.8) is 0 Å². The third-order valence-electron chi connectivity index (χ3n) is 26.1. The zero-order valence-corrected chi connectivity index (χ0v) is 72.9. The predicted octanol–water partition coefficient (Wildman–Crippen LogP) is 14.4. The number of amides is 3. The first-order valence-corrected chi connectivity index (χ1v) is 44.3. The highest BCUT2D eigenvalue weighted by Gasteiger charge is 2.45. The topological polar surface area (TPSA) is 338 Å². The number of hydrogen-bond donors (Lipinski definition) is 2. The summed E-state index contributed by atoms with van der Waals surface area (Å²) >= 11 is 0. The minimum Gasteiger partial charge on any atom is -0.507 e. The van der Waals surface area contributed by atoms with Crippen LogP contribution in [0.4, 0.5) is 62.7 Å². The molecule has 9 aliphatic rings. The van der Waals surface area contributed by atoms with E-state index in [-0.39, 0.29) is 160 Å². The second-order valence-electron chi connectivity index (χ2n) is 35.8. The van der Waals surface area contributed by atoms with Gasteiger partial charge in [-0.1, -0.05) is 44.0 Å². The van der Waals surface area contributed by atoms with E-state index < -0.39 is 134 Å². The molecule has 3 N–H and O–H groups in total. The number of rotatable bonds is 18. The normalized spacial score (nSPS) is 19.7. The van der Waals surface area contributed by atoms with Crippen LogP contribution in [0.2, 0.25) is 0 Å². The van der Waals surface area contributed by atoms with Crippen molar-refractivity contribution < 1.29 is 59.0 Å². The van der Waals surface area contributed by atoms with E-state index in [2.05, 4.69) is 79.5 Å². The van der Waals surface area contributed by atoms with Crippen molar-refractivity contribution in [3.05, 3.63) is 236 Å². The molecule has 9 aromatic heterocycles. The van der Waals surface area contributed by atoms with Gasteiger partial charge in [-0.3, -0.25) is 14.4 Å². The quantitative estimate of drug-likeness (QED) is 0.0458. The lowest BCUT2D eigenvalue weighted by Crippen LogP contribution is -2.58. The van der Waals surface area contributed by atoms with Crippen LogP contribution in [0.5, 0.6) is 5.75 Å². The fourth-order valence-corrected chi connectivity index (χ4v) is 18.5. The van der Waals surface area contributed by atoms with Gasteiger partial charge in [0.15, 0.2) is 46.1 Å². The second kappa shape index (κ2) is 34.5. The highest BCUT2D eigenvalue weighted by molar-refractivity contribution is 5.96. The van der Waals surface area contributed by atoms with Gasteiger partial charge < -0.3 is 40.2 Å². The van der Waals surface area contributed by atoms with E-state index in [1.165, 1.54) is 102 Å². The fraction of sp³-hybridized carbons (Fsp3) is 0.368. The Morgan fingerprint density at radius 1 is 0.376 bits per heavy atom. The van der Waals surface area contributed by atoms with Gasteiger partial charge in [0.2, 0.25) is 0 Å². The van der Waals surface area contributed by atoms with Gasteiger partial charge in [-0.05, 0) is 166 Å². The number of carbonyl (C=O) groups is 3. The van der Waals surface area contributed by atoms with Crippen molar-refractivity contribution in [2.24, 2.45) is 0 Å². The fourth-order valence-electron chi connectivity index (χ4n) is 18.5. The first-order valence-electron chi connectivity index (χ1n) is 44.3. The first-order chi connectivity index (χ1) is 63.8. The number of phenolic OH excluding ortho intramolecular Hbond substituents is 1. The van der Waals surface area contributed by atoms with Gasteiger partial charge in [0.1, 0.15) is 82.5 Å². The van der Waals surface area contributed by atoms with E-state index in [9.17, 15) is 51.4 Å². The number of nitrogens with two attached hydrogens (primary N) is 1. The molecule has 38 heteroatoms. The predicted molar refractivity (Wildman–Crippen MR) is 476 cm³/mol. The third-order valence-corrected chi connectivity index (χ3v) is 26.1. The number of nitrogens with zero attached hydrogens (tertiary/aromatic N) is 21. The van der Waals surface area contributed by atoms with Crippen LogP contribution in [-0.4, -0.2) is 187 Å². The average molecular weight is 1820 g/mol. The highest BCUT2D eigenvalue weighted by Crippen LogP contribution is 2.52. The summed E-state index contributed by atoms with van der Waals surface area (Å²) in [7, 11) is 0. The van der Waals surface area contributed by atoms with Gasteiger partial charge in [0.05, 0.1) is 78.5 Å². The number of phenols is 1. The maximum atomic E-state index is 16.0. The number of halogens is 9. The summed E-state index contributed by atoms with van der Waals surface area (Å²) < 4.78 is 138. The summed E-state index contributed by atoms with van der Waals surface area (Å²) in [5.74, 6) is -9.81. The number of pyridine rings is 3. The average Bonchev–Trinajstić information content (AvgIpc) is 1.46. The van der Waals surface area contributed by atoms with Crippen molar-refractivity contribution in [2.75, 3.05) is 66.2 Å². The van der Waals surface area contributed by atoms with Crippen LogP contribution >= 0.6 is 0 Å². The number of hydrogen-bond acceptors (Lipinski definition) is 23. The molecule has 12 heterocycles. The molecule has 5 atom stereocenters. The van der Waals surface area contributed by atoms with Crippen LogP contribution < -0.4 is 37.5 Å². The van der Waals surface area contributed by atoms with Gasteiger partial charge in [-0.2, -0.15) is 15.0 Å². The van der Waals surface area contributed by atoms with Crippen LogP contribution in [0.3, 0.4) is 0 Å². The Labute approximate surface area is 753 Å². The van der Waals surface area contributed by atoms with Gasteiger partial charge in [0.25, 0.3) is 17.7 Å². The number of fused-ring (bicyclic) bond motifs is 3. The van der Waals surface area contributed by atoms with Crippen molar-refractivity contribution in [1.29, 1.82) is 0 Å². The molecule has 3 aromatic carbocycles. The molecule has 29 nitrogen and oxygen atoms in total. The lowest BCUT2D eigenvalue weighted by Gasteiger charge is -2.44. The van der Waals surface area contributed by atoms with Gasteiger partial charge in [0, 0.05) is 123 Å². The minimum atomic E-state index is -1.08. The van der Waals surface area contributed by atoms with Crippen molar-refractivity contribution in [1.82, 2.24) is 88.2 Å². The van der Waals surface area contributed by atoms with E-state index in [0.29, 0.717) is 39.8 Å². The van der Waals surface area contributed by atoms with Crippen molar-refractivity contribution >= 4 is 74.0 Å². The summed E-state index contributed by atoms with van der Waals surface area (Å²) in [6.07, 6.45) is 15.3. The van der Waals surface area contributed by atoms with E-state index in [1.807, 2.05) is 6.92 Å². The molecule has 21 rings (SSSR count). The maximum Gasteiger partial charge on any atom is 0.355 e. The molecular weight excluding hydrogens is 1730 g/mol. The van der Waals surface area contributed by atoms with Gasteiger partial charge in [-0.15, -0.1) is 0 Å². The molecule has 3 amide bonds. The Balaban J connectivity index is 0.000000129. The molecule has 0 spiro atoms. The molecule has 6 saturated carbocycles. The molecule has 684 valence electrons. The first kappa shape index (κ1) is 88.1. The van der Waals surface area contributed by atoms with Crippen LogP contribution in [-0.2, 0) is 14.4 Å². The minimum absolute atomic E-state index is 0.00171. The van der Waals surface area contributed by atoms with Crippen LogP contribution in [0.25, 0.3) is 83.9 Å². The Morgan fingerprint density at radius 2 is 0.707 bits per heavy atom. The molecule has 0 unspecified atom stereocenters. The molecule has 12 aromatic rings. The molecule has 9 fully saturated rings. The van der Waals surface area contributed by atoms with Crippen LogP contribution in [0.1, 0.15) is 181 Å². The molecule has 3 saturated heterocycles. The van der Waals surface area contributed by atoms with E-state index in [0.717, 1.165) is 107 Å². The van der Waals surface area contributed by atoms with Gasteiger partial charge >= 0.3 is 17.1 Å². The molecule has 0 bridgehead atoms. The van der Waals surface area contributed by atoms with Crippen LogP contribution in [0, 0.1) is 34.9 Å². The highest BCUT2D eigenvalue weighted by atomic mass is 19.2. The third kappa shape index (κ3) is 16.4. The Hall–Kier alpha value is -14.2. The Kier molecular flexibility index (Phi) is 22.8.